The Balaban J connectivity index is 1.27. The molecular formula is C29H23ClN4O2S. The molecule has 5 rings (SSSR count). The normalized spacial score (nSPS) is 11.0. The average molecular weight is 527 g/mol. The van der Waals surface area contributed by atoms with Crippen LogP contribution in [0.3, 0.4) is 0 Å². The largest absolute Gasteiger partial charge is 0.456 e. The van der Waals surface area contributed by atoms with Gasteiger partial charge in [0.15, 0.2) is 5.16 Å². The van der Waals surface area contributed by atoms with E-state index in [-0.39, 0.29) is 5.56 Å². The number of hydrogen-bond acceptors (Lipinski definition) is 5. The first-order valence-electron chi connectivity index (χ1n) is 11.6. The van der Waals surface area contributed by atoms with Crippen molar-refractivity contribution in [2.24, 2.45) is 7.05 Å². The lowest BCUT2D eigenvalue weighted by atomic mass is 10.1. The maximum absolute atomic E-state index is 12.8. The predicted octanol–water partition coefficient (Wildman–Crippen LogP) is 6.77. The van der Waals surface area contributed by atoms with Gasteiger partial charge >= 0.3 is 0 Å². The van der Waals surface area contributed by atoms with E-state index in [1.54, 1.807) is 30.5 Å². The number of halogens is 1. The van der Waals surface area contributed by atoms with Crippen molar-refractivity contribution in [2.45, 2.75) is 24.3 Å². The molecular weight excluding hydrogens is 504 g/mol. The van der Waals surface area contributed by atoms with Crippen LogP contribution in [0.1, 0.15) is 27.8 Å². The van der Waals surface area contributed by atoms with Crippen molar-refractivity contribution in [2.75, 3.05) is 0 Å². The van der Waals surface area contributed by atoms with Gasteiger partial charge in [-0.05, 0) is 60.0 Å². The molecule has 0 aliphatic carbocycles. The molecule has 184 valence electrons. The smallest absolute Gasteiger partial charge is 0.255 e. The molecule has 2 heterocycles. The second kappa shape index (κ2) is 10.6. The van der Waals surface area contributed by atoms with Gasteiger partial charge in [0.2, 0.25) is 0 Å². The summed E-state index contributed by atoms with van der Waals surface area (Å²) in [5.74, 6) is 1.63. The van der Waals surface area contributed by atoms with Gasteiger partial charge in [0.25, 0.3) is 5.56 Å². The van der Waals surface area contributed by atoms with Crippen molar-refractivity contribution >= 4 is 34.3 Å². The molecule has 0 unspecified atom stereocenters. The number of H-pyrrole nitrogens is 1. The highest BCUT2D eigenvalue weighted by Crippen LogP contribution is 2.30. The number of aryl methyl sites for hydroxylation is 2. The lowest BCUT2D eigenvalue weighted by molar-refractivity contribution is 0.480. The van der Waals surface area contributed by atoms with Gasteiger partial charge in [-0.1, -0.05) is 47.6 Å². The Labute approximate surface area is 223 Å². The molecule has 8 heteroatoms. The first-order chi connectivity index (χ1) is 17.9. The Morgan fingerprint density at radius 1 is 1.14 bits per heavy atom. The SMILES string of the molecule is Cc1cc(Oc2ccc(CSc3ncc(Cc4cn(C)c5ccccc45)c(=O)[nH]3)cc2C#N)ccc1Cl. The molecule has 0 saturated carbocycles. The van der Waals surface area contributed by atoms with Crippen molar-refractivity contribution in [3.8, 4) is 17.6 Å². The number of rotatable bonds is 7. The van der Waals surface area contributed by atoms with Crippen LogP contribution in [0.4, 0.5) is 0 Å². The zero-order chi connectivity index (χ0) is 25.9. The van der Waals surface area contributed by atoms with E-state index >= 15 is 0 Å². The topological polar surface area (TPSA) is 83.7 Å². The van der Waals surface area contributed by atoms with Crippen molar-refractivity contribution in [3.63, 3.8) is 0 Å². The van der Waals surface area contributed by atoms with Crippen LogP contribution in [0, 0.1) is 18.3 Å². The molecule has 0 bridgehead atoms. The monoisotopic (exact) mass is 526 g/mol. The van der Waals surface area contributed by atoms with Gasteiger partial charge in [-0.15, -0.1) is 0 Å². The molecule has 0 radical (unpaired) electrons. The number of para-hydroxylation sites is 1. The van der Waals surface area contributed by atoms with Gasteiger partial charge < -0.3 is 14.3 Å². The van der Waals surface area contributed by atoms with E-state index in [9.17, 15) is 10.1 Å². The van der Waals surface area contributed by atoms with Crippen LogP contribution in [0.5, 0.6) is 11.5 Å². The molecule has 0 aliphatic rings. The number of nitrogens with one attached hydrogen (secondary N) is 1. The number of thioether (sulfide) groups is 1. The predicted molar refractivity (Wildman–Crippen MR) is 148 cm³/mol. The third-order valence-corrected chi connectivity index (χ3v) is 7.49. The third-order valence-electron chi connectivity index (χ3n) is 6.11. The van der Waals surface area contributed by atoms with Gasteiger partial charge in [-0.3, -0.25) is 4.79 Å². The maximum atomic E-state index is 12.8. The Morgan fingerprint density at radius 3 is 2.76 bits per heavy atom. The molecule has 0 amide bonds. The van der Waals surface area contributed by atoms with E-state index in [1.165, 1.54) is 11.8 Å². The van der Waals surface area contributed by atoms with Crippen molar-refractivity contribution in [1.82, 2.24) is 14.5 Å². The van der Waals surface area contributed by atoms with Crippen LogP contribution in [-0.4, -0.2) is 14.5 Å². The summed E-state index contributed by atoms with van der Waals surface area (Å²) in [5, 5.41) is 12.0. The minimum Gasteiger partial charge on any atom is -0.456 e. The van der Waals surface area contributed by atoms with Crippen molar-refractivity contribution in [3.05, 3.63) is 116 Å². The van der Waals surface area contributed by atoms with Crippen LogP contribution >= 0.6 is 23.4 Å². The summed E-state index contributed by atoms with van der Waals surface area (Å²) in [7, 11) is 2.00. The summed E-state index contributed by atoms with van der Waals surface area (Å²) >= 11 is 7.49. The Bertz CT molecular complexity index is 1720. The van der Waals surface area contributed by atoms with Crippen LogP contribution < -0.4 is 10.3 Å². The maximum Gasteiger partial charge on any atom is 0.255 e. The van der Waals surface area contributed by atoms with Gasteiger partial charge in [-0.2, -0.15) is 5.26 Å². The molecule has 2 aromatic heterocycles. The number of nitriles is 1. The number of hydrogen-bond donors (Lipinski definition) is 1. The first kappa shape index (κ1) is 24.7. The summed E-state index contributed by atoms with van der Waals surface area (Å²) in [6, 6.07) is 21.2. The Morgan fingerprint density at radius 2 is 1.97 bits per heavy atom. The summed E-state index contributed by atoms with van der Waals surface area (Å²) in [5.41, 5.74) is 4.93. The van der Waals surface area contributed by atoms with E-state index in [1.807, 2.05) is 38.2 Å². The lowest BCUT2D eigenvalue weighted by Gasteiger charge is -2.10. The molecule has 37 heavy (non-hydrogen) atoms. The number of nitrogens with zero attached hydrogens (tertiary/aromatic N) is 3. The molecule has 5 aromatic rings. The van der Waals surface area contributed by atoms with Crippen LogP contribution in [-0.2, 0) is 19.2 Å². The first-order valence-corrected chi connectivity index (χ1v) is 13.0. The molecule has 1 N–H and O–H groups in total. The minimum atomic E-state index is -0.148. The van der Waals surface area contributed by atoms with Gasteiger partial charge in [0, 0.05) is 53.1 Å². The average Bonchev–Trinajstić information content (AvgIpc) is 3.22. The third kappa shape index (κ3) is 5.41. The summed E-state index contributed by atoms with van der Waals surface area (Å²) in [4.78, 5) is 20.1. The van der Waals surface area contributed by atoms with Crippen LogP contribution in [0.15, 0.2) is 83.0 Å². The number of aromatic nitrogens is 3. The fourth-order valence-corrected chi connectivity index (χ4v) is 5.07. The molecule has 0 fully saturated rings. The second-order valence-electron chi connectivity index (χ2n) is 8.75. The number of ether oxygens (including phenoxy) is 1. The van der Waals surface area contributed by atoms with Gasteiger partial charge in [-0.25, -0.2) is 4.98 Å². The molecule has 0 saturated heterocycles. The Kier molecular flexibility index (Phi) is 7.04. The Hall–Kier alpha value is -3.99. The quantitative estimate of drug-likeness (QED) is 0.187. The zero-order valence-corrected chi connectivity index (χ0v) is 21.9. The molecule has 6 nitrogen and oxygen atoms in total. The summed E-state index contributed by atoms with van der Waals surface area (Å²) in [6.07, 6.45) is 4.21. The summed E-state index contributed by atoms with van der Waals surface area (Å²) < 4.78 is 7.98. The lowest BCUT2D eigenvalue weighted by Crippen LogP contribution is -2.14. The fourth-order valence-electron chi connectivity index (χ4n) is 4.18. The van der Waals surface area contributed by atoms with E-state index in [0.717, 1.165) is 27.6 Å². The zero-order valence-electron chi connectivity index (χ0n) is 20.3. The molecule has 0 aliphatic heterocycles. The second-order valence-corrected chi connectivity index (χ2v) is 10.1. The summed E-state index contributed by atoms with van der Waals surface area (Å²) in [6.45, 7) is 1.90. The van der Waals surface area contributed by atoms with E-state index in [2.05, 4.69) is 38.9 Å². The van der Waals surface area contributed by atoms with Crippen LogP contribution in [0.25, 0.3) is 10.9 Å². The highest BCUT2D eigenvalue weighted by Gasteiger charge is 2.12. The van der Waals surface area contributed by atoms with Crippen LogP contribution in [0.2, 0.25) is 5.02 Å². The highest BCUT2D eigenvalue weighted by atomic mass is 35.5. The van der Waals surface area contributed by atoms with Gasteiger partial charge in [0.1, 0.15) is 17.6 Å². The minimum absolute atomic E-state index is 0.148. The fraction of sp³-hybridized carbons (Fsp3) is 0.138. The standard InChI is InChI=1S/C29H23ClN4O2S/c1-18-11-23(8-9-25(18)30)36-27-10-7-19(12-20(27)14-31)17-37-29-32-15-21(28(35)33-29)13-22-16-34(2)26-6-4-3-5-24(22)26/h3-12,15-16H,13,17H2,1-2H3,(H,32,33,35). The number of fused-ring (bicyclic) bond motifs is 1. The number of aromatic amines is 1. The van der Waals surface area contributed by atoms with E-state index < -0.39 is 0 Å². The molecule has 0 atom stereocenters. The van der Waals surface area contributed by atoms with E-state index in [0.29, 0.717) is 45.0 Å². The van der Waals surface area contributed by atoms with E-state index in [4.69, 9.17) is 16.3 Å². The van der Waals surface area contributed by atoms with Crippen molar-refractivity contribution < 1.29 is 4.74 Å². The highest BCUT2D eigenvalue weighted by molar-refractivity contribution is 7.98. The molecule has 3 aromatic carbocycles. The van der Waals surface area contributed by atoms with Crippen molar-refractivity contribution in [1.29, 1.82) is 5.26 Å². The number of benzene rings is 3. The molecule has 0 spiro atoms. The van der Waals surface area contributed by atoms with Gasteiger partial charge in [0.05, 0.1) is 5.56 Å².